The van der Waals surface area contributed by atoms with Crippen molar-refractivity contribution < 1.29 is 0 Å². The Hall–Kier alpha value is 1.50. The van der Waals surface area contributed by atoms with Gasteiger partial charge in [-0.05, 0) is 0 Å². The molecule has 0 bridgehead atoms. The Labute approximate surface area is 99.2 Å². The molecule has 0 nitrogen and oxygen atoms in total. The number of hydrogen-bond donors (Lipinski definition) is 0. The predicted molar refractivity (Wildman–Crippen MR) is 62.3 cm³/mol. The van der Waals surface area contributed by atoms with Gasteiger partial charge in [0, 0.05) is 0 Å². The van der Waals surface area contributed by atoms with E-state index in [1.54, 1.807) is 0 Å². The van der Waals surface area contributed by atoms with Crippen LogP contribution < -0.4 is 0 Å². The zero-order chi connectivity index (χ0) is 9.40. The van der Waals surface area contributed by atoms with Crippen LogP contribution in [0.15, 0.2) is 31.2 Å². The Morgan fingerprint density at radius 2 is 1.17 bits per heavy atom. The van der Waals surface area contributed by atoms with Crippen molar-refractivity contribution >= 4 is 69.0 Å². The molecule has 0 saturated heterocycles. The molecular weight excluding hydrogens is 364 g/mol. The van der Waals surface area contributed by atoms with Gasteiger partial charge in [-0.2, -0.15) is 0 Å². The summed E-state index contributed by atoms with van der Waals surface area (Å²) in [6, 6.07) is 0. The van der Waals surface area contributed by atoms with Gasteiger partial charge >= 0.3 is 100 Å². The summed E-state index contributed by atoms with van der Waals surface area (Å²) in [5, 5.41) is 0. The van der Waals surface area contributed by atoms with Crippen molar-refractivity contribution in [3.05, 3.63) is 31.2 Å². The van der Waals surface area contributed by atoms with E-state index in [0.29, 0.717) is 0 Å². The molecule has 0 N–H and O–H groups in total. The average molecular weight is 370 g/mol. The summed E-state index contributed by atoms with van der Waals surface area (Å²) in [5.74, 6) is 0. The van der Waals surface area contributed by atoms with Crippen molar-refractivity contribution in [2.45, 2.75) is 0 Å². The van der Waals surface area contributed by atoms with Crippen LogP contribution in [0, 0.1) is 0 Å². The van der Waals surface area contributed by atoms with Crippen molar-refractivity contribution in [2.24, 2.45) is 0 Å². The van der Waals surface area contributed by atoms with Crippen LogP contribution in [0.25, 0.3) is 0 Å². The summed E-state index contributed by atoms with van der Waals surface area (Å²) >= 11 is 13.6. The van der Waals surface area contributed by atoms with Crippen LogP contribution in [-0.2, 0) is 0 Å². The van der Waals surface area contributed by atoms with Crippen molar-refractivity contribution in [2.75, 3.05) is 0 Å². The molecule has 0 spiro atoms. The Bertz CT molecular complexity index is 178. The van der Waals surface area contributed by atoms with Crippen molar-refractivity contribution in [3.8, 4) is 0 Å². The third-order valence-corrected chi connectivity index (χ3v) is 20.5. The quantitative estimate of drug-likeness (QED) is 0.663. The second-order valence-electron chi connectivity index (χ2n) is 1.49. The van der Waals surface area contributed by atoms with Crippen LogP contribution in [0.1, 0.15) is 0 Å². The molecule has 0 aromatic rings. The van der Waals surface area contributed by atoms with Gasteiger partial charge in [0.25, 0.3) is 0 Å². The molecule has 68 valence electrons. The molecule has 0 aromatic carbocycles. The van der Waals surface area contributed by atoms with Gasteiger partial charge < -0.3 is 0 Å². The van der Waals surface area contributed by atoms with Crippen LogP contribution in [0.3, 0.4) is 0 Å². The third-order valence-electron chi connectivity index (χ3n) is 0.818. The Morgan fingerprint density at radius 1 is 0.750 bits per heavy atom. The summed E-state index contributed by atoms with van der Waals surface area (Å²) in [5.41, 5.74) is 4.48. The molecule has 12 heavy (non-hydrogen) atoms. The molecule has 0 heterocycles. The Kier molecular flexibility index (Phi) is 10.2. The average Bonchev–Trinajstić information content (AvgIpc) is 2.04. The van der Waals surface area contributed by atoms with Crippen molar-refractivity contribution in [1.29, 1.82) is 0 Å². The summed E-state index contributed by atoms with van der Waals surface area (Å²) in [6.45, 7) is 0. The predicted octanol–water partition coefficient (Wildman–Crippen LogP) is 3.67. The van der Waals surface area contributed by atoms with Crippen LogP contribution in [0.2, 0.25) is 0 Å². The molecule has 1 unspecified atom stereocenters. The van der Waals surface area contributed by atoms with E-state index in [-0.39, 0.29) is 0 Å². The first-order valence-corrected chi connectivity index (χ1v) is 15.0. The summed E-state index contributed by atoms with van der Waals surface area (Å²) in [7, 11) is 6.12. The van der Waals surface area contributed by atoms with Gasteiger partial charge in [-0.1, -0.05) is 0 Å². The Morgan fingerprint density at radius 3 is 1.50 bits per heavy atom. The van der Waals surface area contributed by atoms with E-state index >= 15 is 0 Å². The maximum absolute atomic E-state index is 6.12. The maximum atomic E-state index is 6.12. The van der Waals surface area contributed by atoms with Gasteiger partial charge in [-0.15, -0.1) is 0 Å². The second-order valence-corrected chi connectivity index (χ2v) is 21.2. The fraction of sp³-hybridized carbons (Fsp3) is 0. The fourth-order valence-corrected chi connectivity index (χ4v) is 16.6. The molecule has 0 aromatic heterocycles. The monoisotopic (exact) mass is 368 g/mol. The van der Waals surface area contributed by atoms with Gasteiger partial charge in [-0.25, -0.2) is 0 Å². The summed E-state index contributed by atoms with van der Waals surface area (Å²) in [6.07, 6.45) is 0. The number of rotatable bonds is 4. The van der Waals surface area contributed by atoms with Gasteiger partial charge in [0.1, 0.15) is 0 Å². The fourth-order valence-electron chi connectivity index (χ4n) is 0.416. The minimum absolute atomic E-state index is 1.30. The zero-order valence-corrected chi connectivity index (χ0v) is 12.6. The van der Waals surface area contributed by atoms with E-state index in [1.165, 1.54) is 16.6 Å². The SMILES string of the molecule is Cl/C=C/[As](Cl)[As](/C=C/Cl)/C=C/Cl. The van der Waals surface area contributed by atoms with E-state index in [9.17, 15) is 0 Å². The van der Waals surface area contributed by atoms with Gasteiger partial charge in [0.05, 0.1) is 0 Å². The van der Waals surface area contributed by atoms with Gasteiger partial charge in [-0.3, -0.25) is 0 Å². The molecule has 0 amide bonds. The first-order valence-electron chi connectivity index (χ1n) is 2.80. The van der Waals surface area contributed by atoms with Crippen molar-refractivity contribution in [1.82, 2.24) is 0 Å². The first kappa shape index (κ1) is 13.5. The van der Waals surface area contributed by atoms with Gasteiger partial charge in [0.15, 0.2) is 0 Å². The summed E-state index contributed by atoms with van der Waals surface area (Å²) in [4.78, 5) is 5.75. The van der Waals surface area contributed by atoms with Crippen LogP contribution in [-0.4, -0.2) is 24.2 Å². The van der Waals surface area contributed by atoms with Crippen LogP contribution in [0.4, 0.5) is 0 Å². The van der Waals surface area contributed by atoms with E-state index in [1.807, 2.05) is 14.6 Å². The topological polar surface area (TPSA) is 0 Å². The number of halogens is 4. The van der Waals surface area contributed by atoms with Crippen LogP contribution in [0.5, 0.6) is 0 Å². The molecule has 0 fully saturated rings. The second kappa shape index (κ2) is 9.07. The van der Waals surface area contributed by atoms with Crippen LogP contribution >= 0.6 is 44.8 Å². The molecule has 0 saturated carbocycles. The molecule has 0 aliphatic heterocycles. The molecule has 0 radical (unpaired) electrons. The molecule has 0 rings (SSSR count). The normalized spacial score (nSPS) is 15.8. The molecule has 1 atom stereocenters. The van der Waals surface area contributed by atoms with Gasteiger partial charge in [0.2, 0.25) is 0 Å². The molecule has 0 aliphatic rings. The first-order chi connectivity index (χ1) is 5.76. The molecule has 6 heteroatoms. The standard InChI is InChI=1S/C6H6As2Cl4/c9-4-1-7(2-5-10)8(12)3-6-11/h1-6H/b4-1+,5-2+,6-3+. The molecular formula is C6H6As2Cl4. The zero-order valence-electron chi connectivity index (χ0n) is 5.87. The van der Waals surface area contributed by atoms with E-state index < -0.39 is 24.2 Å². The third kappa shape index (κ3) is 6.03. The number of hydrogen-bond acceptors (Lipinski definition) is 0. The molecule has 0 aliphatic carbocycles. The van der Waals surface area contributed by atoms with E-state index in [2.05, 4.69) is 0 Å². The minimum atomic E-state index is -1.45. The summed E-state index contributed by atoms with van der Waals surface area (Å²) < 4.78 is 0. The van der Waals surface area contributed by atoms with E-state index in [4.69, 9.17) is 44.8 Å². The Balaban J connectivity index is 4.27. The van der Waals surface area contributed by atoms with E-state index in [0.717, 1.165) is 0 Å². The van der Waals surface area contributed by atoms with Crippen molar-refractivity contribution in [3.63, 3.8) is 0 Å².